The third-order valence-corrected chi connectivity index (χ3v) is 7.54. The molecule has 2 aromatic rings. The monoisotopic (exact) mass is 434 g/mol. The number of nitrogens with zero attached hydrogens (tertiary/aromatic N) is 3. The number of sulfonamides is 1. The maximum atomic E-state index is 13.4. The minimum absolute atomic E-state index is 0.0318. The normalized spacial score (nSPS) is 19.6. The first-order chi connectivity index (χ1) is 14.5. The Morgan fingerprint density at radius 1 is 1.03 bits per heavy atom. The SMILES string of the molecule is O=S(=O)(c1ccc(NCC(c2ccc(F)cc2)N2CCOCC2)nc1)N1CCCC1. The molecule has 2 aliphatic rings. The van der Waals surface area contributed by atoms with Crippen LogP contribution in [0.1, 0.15) is 24.4 Å². The van der Waals surface area contributed by atoms with Gasteiger partial charge in [0.2, 0.25) is 10.0 Å². The van der Waals surface area contributed by atoms with Gasteiger partial charge < -0.3 is 10.1 Å². The molecule has 7 nitrogen and oxygen atoms in total. The van der Waals surface area contributed by atoms with Crippen LogP contribution in [0, 0.1) is 5.82 Å². The molecule has 9 heteroatoms. The average molecular weight is 435 g/mol. The highest BCUT2D eigenvalue weighted by molar-refractivity contribution is 7.89. The molecule has 4 rings (SSSR count). The number of nitrogens with one attached hydrogen (secondary N) is 1. The van der Waals surface area contributed by atoms with Crippen molar-refractivity contribution in [2.75, 3.05) is 51.3 Å². The van der Waals surface area contributed by atoms with Crippen molar-refractivity contribution in [3.63, 3.8) is 0 Å². The fraction of sp³-hybridized carbons (Fsp3) is 0.476. The number of aromatic nitrogens is 1. The number of morpholine rings is 1. The van der Waals surface area contributed by atoms with Gasteiger partial charge in [0, 0.05) is 38.9 Å². The number of halogens is 1. The van der Waals surface area contributed by atoms with E-state index in [4.69, 9.17) is 4.74 Å². The maximum Gasteiger partial charge on any atom is 0.244 e. The minimum atomic E-state index is -3.47. The summed E-state index contributed by atoms with van der Waals surface area (Å²) in [6, 6.07) is 9.88. The van der Waals surface area contributed by atoms with Crippen LogP contribution in [0.3, 0.4) is 0 Å². The second kappa shape index (κ2) is 9.38. The van der Waals surface area contributed by atoms with E-state index in [9.17, 15) is 12.8 Å². The largest absolute Gasteiger partial charge is 0.379 e. The van der Waals surface area contributed by atoms with Gasteiger partial charge in [0.15, 0.2) is 0 Å². The predicted octanol–water partition coefficient (Wildman–Crippen LogP) is 2.49. The summed E-state index contributed by atoms with van der Waals surface area (Å²) in [7, 11) is -3.47. The Labute approximate surface area is 176 Å². The highest BCUT2D eigenvalue weighted by Gasteiger charge is 2.27. The lowest BCUT2D eigenvalue weighted by atomic mass is 10.0. The molecule has 2 saturated heterocycles. The Hall–Kier alpha value is -2.07. The van der Waals surface area contributed by atoms with Crippen LogP contribution >= 0.6 is 0 Å². The molecule has 162 valence electrons. The van der Waals surface area contributed by atoms with Gasteiger partial charge in [-0.2, -0.15) is 4.31 Å². The number of hydrogen-bond acceptors (Lipinski definition) is 6. The first kappa shape index (κ1) is 21.2. The van der Waals surface area contributed by atoms with Crippen LogP contribution < -0.4 is 5.32 Å². The average Bonchev–Trinajstić information content (AvgIpc) is 3.32. The molecule has 0 spiro atoms. The molecule has 2 aliphatic heterocycles. The van der Waals surface area contributed by atoms with Crippen molar-refractivity contribution in [2.24, 2.45) is 0 Å². The summed E-state index contributed by atoms with van der Waals surface area (Å²) >= 11 is 0. The molecule has 1 aromatic carbocycles. The third kappa shape index (κ3) is 4.80. The zero-order chi connectivity index (χ0) is 21.0. The van der Waals surface area contributed by atoms with Gasteiger partial charge in [-0.05, 0) is 42.7 Å². The van der Waals surface area contributed by atoms with Crippen LogP contribution in [0.25, 0.3) is 0 Å². The van der Waals surface area contributed by atoms with Gasteiger partial charge in [-0.1, -0.05) is 12.1 Å². The molecule has 0 bridgehead atoms. The molecule has 3 heterocycles. The summed E-state index contributed by atoms with van der Waals surface area (Å²) in [5.74, 6) is 0.347. The summed E-state index contributed by atoms with van der Waals surface area (Å²) < 4.78 is 45.6. The number of anilines is 1. The van der Waals surface area contributed by atoms with Gasteiger partial charge in [-0.25, -0.2) is 17.8 Å². The minimum Gasteiger partial charge on any atom is -0.379 e. The lowest BCUT2D eigenvalue weighted by molar-refractivity contribution is 0.0187. The summed E-state index contributed by atoms with van der Waals surface area (Å²) in [5.41, 5.74) is 1.01. The molecule has 2 fully saturated rings. The lowest BCUT2D eigenvalue weighted by Gasteiger charge is -2.35. The van der Waals surface area contributed by atoms with E-state index in [0.717, 1.165) is 31.5 Å². The van der Waals surface area contributed by atoms with Crippen molar-refractivity contribution in [1.82, 2.24) is 14.2 Å². The lowest BCUT2D eigenvalue weighted by Crippen LogP contribution is -2.41. The Morgan fingerprint density at radius 3 is 2.37 bits per heavy atom. The smallest absolute Gasteiger partial charge is 0.244 e. The molecule has 0 radical (unpaired) electrons. The number of rotatable bonds is 7. The maximum absolute atomic E-state index is 13.4. The van der Waals surface area contributed by atoms with E-state index in [1.807, 2.05) is 0 Å². The van der Waals surface area contributed by atoms with Gasteiger partial charge in [0.25, 0.3) is 0 Å². The highest BCUT2D eigenvalue weighted by Crippen LogP contribution is 2.24. The Balaban J connectivity index is 1.45. The molecule has 0 amide bonds. The van der Waals surface area contributed by atoms with E-state index in [2.05, 4.69) is 15.2 Å². The third-order valence-electron chi connectivity index (χ3n) is 5.66. The summed E-state index contributed by atoms with van der Waals surface area (Å²) in [6.07, 6.45) is 3.22. The van der Waals surface area contributed by atoms with Crippen LogP contribution in [0.4, 0.5) is 10.2 Å². The van der Waals surface area contributed by atoms with Gasteiger partial charge in [-0.3, -0.25) is 4.90 Å². The first-order valence-electron chi connectivity index (χ1n) is 10.3. The molecule has 1 atom stereocenters. The van der Waals surface area contributed by atoms with Crippen LogP contribution in [-0.2, 0) is 14.8 Å². The van der Waals surface area contributed by atoms with Crippen LogP contribution in [0.5, 0.6) is 0 Å². The van der Waals surface area contributed by atoms with E-state index < -0.39 is 10.0 Å². The molecule has 0 saturated carbocycles. The topological polar surface area (TPSA) is 74.8 Å². The van der Waals surface area contributed by atoms with E-state index in [1.54, 1.807) is 24.3 Å². The molecular weight excluding hydrogens is 407 g/mol. The highest BCUT2D eigenvalue weighted by atomic mass is 32.2. The first-order valence-corrected chi connectivity index (χ1v) is 11.8. The second-order valence-electron chi connectivity index (χ2n) is 7.59. The number of benzene rings is 1. The fourth-order valence-electron chi connectivity index (χ4n) is 3.95. The molecule has 1 unspecified atom stereocenters. The number of hydrogen-bond donors (Lipinski definition) is 1. The van der Waals surface area contributed by atoms with Crippen molar-refractivity contribution in [2.45, 2.75) is 23.8 Å². The van der Waals surface area contributed by atoms with Gasteiger partial charge in [0.1, 0.15) is 16.5 Å². The van der Waals surface area contributed by atoms with Crippen molar-refractivity contribution in [3.05, 3.63) is 54.0 Å². The van der Waals surface area contributed by atoms with E-state index >= 15 is 0 Å². The number of pyridine rings is 1. The van der Waals surface area contributed by atoms with Gasteiger partial charge >= 0.3 is 0 Å². The van der Waals surface area contributed by atoms with E-state index in [0.29, 0.717) is 38.7 Å². The Morgan fingerprint density at radius 2 is 1.73 bits per heavy atom. The zero-order valence-corrected chi connectivity index (χ0v) is 17.7. The Kier molecular flexibility index (Phi) is 6.62. The van der Waals surface area contributed by atoms with E-state index in [-0.39, 0.29) is 16.8 Å². The Bertz CT molecular complexity index is 926. The summed E-state index contributed by atoms with van der Waals surface area (Å²) in [6.45, 7) is 4.63. The van der Waals surface area contributed by atoms with Gasteiger partial charge in [-0.15, -0.1) is 0 Å². The van der Waals surface area contributed by atoms with Gasteiger partial charge in [0.05, 0.1) is 19.3 Å². The van der Waals surface area contributed by atoms with E-state index in [1.165, 1.54) is 22.6 Å². The standard InChI is InChI=1S/C21H27FN4O3S/c22-18-5-3-17(4-6-18)20(25-11-13-29-14-12-25)16-24-21-8-7-19(15-23-21)30(27,28)26-9-1-2-10-26/h3-8,15,20H,1-2,9-14,16H2,(H,23,24). The summed E-state index contributed by atoms with van der Waals surface area (Å²) in [5, 5.41) is 3.31. The number of ether oxygens (including phenoxy) is 1. The predicted molar refractivity (Wildman–Crippen MR) is 112 cm³/mol. The zero-order valence-electron chi connectivity index (χ0n) is 16.8. The molecule has 1 aromatic heterocycles. The fourth-order valence-corrected chi connectivity index (χ4v) is 5.41. The quantitative estimate of drug-likeness (QED) is 0.722. The van der Waals surface area contributed by atoms with Crippen molar-refractivity contribution in [3.8, 4) is 0 Å². The molecule has 30 heavy (non-hydrogen) atoms. The second-order valence-corrected chi connectivity index (χ2v) is 9.52. The van der Waals surface area contributed by atoms with Crippen LogP contribution in [0.2, 0.25) is 0 Å². The molecule has 1 N–H and O–H groups in total. The van der Waals surface area contributed by atoms with Crippen LogP contribution in [-0.4, -0.2) is 68.5 Å². The van der Waals surface area contributed by atoms with Crippen molar-refractivity contribution >= 4 is 15.8 Å². The summed E-state index contributed by atoms with van der Waals surface area (Å²) in [4.78, 5) is 6.84. The van der Waals surface area contributed by atoms with Crippen molar-refractivity contribution in [1.29, 1.82) is 0 Å². The molecular formula is C21H27FN4O3S. The van der Waals surface area contributed by atoms with Crippen LogP contribution in [0.15, 0.2) is 47.5 Å². The van der Waals surface area contributed by atoms with Crippen molar-refractivity contribution < 1.29 is 17.5 Å². The molecule has 0 aliphatic carbocycles.